The summed E-state index contributed by atoms with van der Waals surface area (Å²) in [5.41, 5.74) is -1.12. The Balaban J connectivity index is 1.85. The zero-order valence-electron chi connectivity index (χ0n) is 17.5. The van der Waals surface area contributed by atoms with Gasteiger partial charge in [-0.05, 0) is 37.8 Å². The third-order valence-corrected chi connectivity index (χ3v) is 6.98. The predicted octanol–water partition coefficient (Wildman–Crippen LogP) is 1.53. The normalized spacial score (nSPS) is 16.1. The van der Waals surface area contributed by atoms with Crippen LogP contribution in [0.4, 0.5) is 0 Å². The van der Waals surface area contributed by atoms with E-state index in [9.17, 15) is 23.1 Å². The Kier molecular flexibility index (Phi) is 7.06. The van der Waals surface area contributed by atoms with E-state index in [1.165, 1.54) is 18.6 Å². The molecule has 0 aliphatic heterocycles. The molecule has 0 spiro atoms. The van der Waals surface area contributed by atoms with Crippen LogP contribution in [-0.4, -0.2) is 47.0 Å². The Hall–Kier alpha value is -2.79. The van der Waals surface area contributed by atoms with Crippen LogP contribution < -0.4 is 15.6 Å². The van der Waals surface area contributed by atoms with Crippen LogP contribution in [0, 0.1) is 5.92 Å². The van der Waals surface area contributed by atoms with Gasteiger partial charge in [0.1, 0.15) is 10.6 Å². The molecule has 31 heavy (non-hydrogen) atoms. The summed E-state index contributed by atoms with van der Waals surface area (Å²) in [7, 11) is -3.68. The van der Waals surface area contributed by atoms with E-state index in [0.29, 0.717) is 5.92 Å². The second-order valence-electron chi connectivity index (χ2n) is 7.65. The standard InChI is InChI=1S/C20H27N5O5S/c1-3-22-31(29,30)14-9-10-15(21-11-14)18-24-16(17(26)20(28)25-18)19(27)23-12(2)13-7-5-4-6-8-13/h9-13,22,26H,3-8H2,1-2H3,(H,23,27)(H,24,25,28)/t12-/m1/s1. The maximum absolute atomic E-state index is 12.7. The highest BCUT2D eigenvalue weighted by Gasteiger charge is 2.25. The summed E-state index contributed by atoms with van der Waals surface area (Å²) in [4.78, 5) is 35.3. The monoisotopic (exact) mass is 449 g/mol. The van der Waals surface area contributed by atoms with Gasteiger partial charge in [0.15, 0.2) is 11.5 Å². The van der Waals surface area contributed by atoms with E-state index >= 15 is 0 Å². The predicted molar refractivity (Wildman–Crippen MR) is 114 cm³/mol. The summed E-state index contributed by atoms with van der Waals surface area (Å²) in [6, 6.07) is 2.56. The van der Waals surface area contributed by atoms with Crippen molar-refractivity contribution >= 4 is 15.9 Å². The van der Waals surface area contributed by atoms with Crippen LogP contribution in [0.5, 0.6) is 5.75 Å². The van der Waals surface area contributed by atoms with Crippen LogP contribution in [0.2, 0.25) is 0 Å². The van der Waals surface area contributed by atoms with E-state index in [0.717, 1.165) is 31.9 Å². The van der Waals surface area contributed by atoms with Crippen molar-refractivity contribution in [2.24, 2.45) is 5.92 Å². The first kappa shape index (κ1) is 22.9. The quantitative estimate of drug-likeness (QED) is 0.500. The number of aromatic amines is 1. The number of hydrogen-bond donors (Lipinski definition) is 4. The van der Waals surface area contributed by atoms with Gasteiger partial charge < -0.3 is 15.4 Å². The first-order valence-corrected chi connectivity index (χ1v) is 11.8. The van der Waals surface area contributed by atoms with Crippen molar-refractivity contribution in [3.63, 3.8) is 0 Å². The first-order chi connectivity index (χ1) is 14.7. The molecule has 1 aliphatic carbocycles. The Morgan fingerprint density at radius 2 is 2.00 bits per heavy atom. The lowest BCUT2D eigenvalue weighted by molar-refractivity contribution is 0.0910. The largest absolute Gasteiger partial charge is 0.501 e. The molecule has 168 valence electrons. The van der Waals surface area contributed by atoms with Gasteiger partial charge in [-0.25, -0.2) is 18.1 Å². The number of carbonyl (C=O) groups is 1. The molecule has 1 atom stereocenters. The van der Waals surface area contributed by atoms with E-state index in [4.69, 9.17) is 0 Å². The first-order valence-electron chi connectivity index (χ1n) is 10.3. The van der Waals surface area contributed by atoms with Crippen molar-refractivity contribution in [1.82, 2.24) is 25.0 Å². The number of hydrogen-bond acceptors (Lipinski definition) is 7. The van der Waals surface area contributed by atoms with Gasteiger partial charge in [-0.2, -0.15) is 0 Å². The highest BCUT2D eigenvalue weighted by atomic mass is 32.2. The van der Waals surface area contributed by atoms with Crippen LogP contribution in [0.15, 0.2) is 28.0 Å². The zero-order valence-corrected chi connectivity index (χ0v) is 18.3. The number of nitrogens with one attached hydrogen (secondary N) is 3. The van der Waals surface area contributed by atoms with Crippen molar-refractivity contribution in [3.8, 4) is 17.3 Å². The van der Waals surface area contributed by atoms with Crippen molar-refractivity contribution < 1.29 is 18.3 Å². The number of aromatic hydroxyl groups is 1. The van der Waals surface area contributed by atoms with Gasteiger partial charge in [0.05, 0.1) is 0 Å². The number of rotatable bonds is 7. The number of amides is 1. The van der Waals surface area contributed by atoms with E-state index in [1.807, 2.05) is 6.92 Å². The smallest absolute Gasteiger partial charge is 0.294 e. The molecular formula is C20H27N5O5S. The van der Waals surface area contributed by atoms with Crippen LogP contribution in [0.3, 0.4) is 0 Å². The van der Waals surface area contributed by atoms with Crippen molar-refractivity contribution in [1.29, 1.82) is 0 Å². The molecular weight excluding hydrogens is 422 g/mol. The van der Waals surface area contributed by atoms with Crippen LogP contribution in [0.25, 0.3) is 11.5 Å². The summed E-state index contributed by atoms with van der Waals surface area (Å²) in [6.07, 6.45) is 6.61. The fourth-order valence-corrected chi connectivity index (χ4v) is 4.71. The number of aromatic nitrogens is 3. The fourth-order valence-electron chi connectivity index (χ4n) is 3.73. The summed E-state index contributed by atoms with van der Waals surface area (Å²) < 4.78 is 26.4. The molecule has 3 rings (SSSR count). The molecule has 0 saturated heterocycles. The molecule has 0 radical (unpaired) electrons. The summed E-state index contributed by atoms with van der Waals surface area (Å²) in [5, 5.41) is 12.9. The molecule has 10 nitrogen and oxygen atoms in total. The molecule has 1 amide bonds. The number of sulfonamides is 1. The van der Waals surface area contributed by atoms with Crippen LogP contribution >= 0.6 is 0 Å². The SMILES string of the molecule is CCNS(=O)(=O)c1ccc(-c2nc(C(=O)N[C@H](C)C3CCCCC3)c(O)c(=O)[nH]2)nc1. The number of pyridine rings is 1. The minimum Gasteiger partial charge on any atom is -0.501 e. The van der Waals surface area contributed by atoms with Crippen molar-refractivity contribution in [3.05, 3.63) is 34.4 Å². The van der Waals surface area contributed by atoms with Gasteiger partial charge in [-0.1, -0.05) is 26.2 Å². The van der Waals surface area contributed by atoms with Gasteiger partial charge in [0.2, 0.25) is 15.8 Å². The zero-order chi connectivity index (χ0) is 22.6. The molecule has 1 fully saturated rings. The second kappa shape index (κ2) is 9.56. The molecule has 2 heterocycles. The fraction of sp³-hybridized carbons (Fsp3) is 0.500. The van der Waals surface area contributed by atoms with Gasteiger partial charge in [0.25, 0.3) is 11.5 Å². The molecule has 1 aliphatic rings. The van der Waals surface area contributed by atoms with Gasteiger partial charge in [-0.3, -0.25) is 14.6 Å². The number of carbonyl (C=O) groups excluding carboxylic acids is 1. The molecule has 0 bridgehead atoms. The summed E-state index contributed by atoms with van der Waals surface area (Å²) in [6.45, 7) is 3.80. The van der Waals surface area contributed by atoms with Crippen molar-refractivity contribution in [2.45, 2.75) is 56.9 Å². The highest BCUT2D eigenvalue weighted by Crippen LogP contribution is 2.26. The highest BCUT2D eigenvalue weighted by molar-refractivity contribution is 7.89. The lowest BCUT2D eigenvalue weighted by atomic mass is 9.84. The topological polar surface area (TPSA) is 154 Å². The average Bonchev–Trinajstić information content (AvgIpc) is 2.76. The second-order valence-corrected chi connectivity index (χ2v) is 9.42. The van der Waals surface area contributed by atoms with Crippen LogP contribution in [0.1, 0.15) is 56.4 Å². The average molecular weight is 450 g/mol. The molecule has 2 aromatic rings. The van der Waals surface area contributed by atoms with E-state index < -0.39 is 32.9 Å². The maximum Gasteiger partial charge on any atom is 0.294 e. The van der Waals surface area contributed by atoms with E-state index in [1.54, 1.807) is 6.92 Å². The number of H-pyrrole nitrogens is 1. The molecule has 2 aromatic heterocycles. The Bertz CT molecular complexity index is 1090. The van der Waals surface area contributed by atoms with E-state index in [2.05, 4.69) is 25.0 Å². The lowest BCUT2D eigenvalue weighted by Crippen LogP contribution is -2.39. The molecule has 0 aromatic carbocycles. The Morgan fingerprint density at radius 3 is 2.61 bits per heavy atom. The number of nitrogens with zero attached hydrogens (tertiary/aromatic N) is 2. The maximum atomic E-state index is 12.7. The minimum atomic E-state index is -3.68. The minimum absolute atomic E-state index is 0.0431. The van der Waals surface area contributed by atoms with Gasteiger partial charge in [-0.15, -0.1) is 0 Å². The van der Waals surface area contributed by atoms with Crippen molar-refractivity contribution in [2.75, 3.05) is 6.54 Å². The van der Waals surface area contributed by atoms with E-state index in [-0.39, 0.29) is 29.0 Å². The Morgan fingerprint density at radius 1 is 1.29 bits per heavy atom. The lowest BCUT2D eigenvalue weighted by Gasteiger charge is -2.28. The molecule has 4 N–H and O–H groups in total. The van der Waals surface area contributed by atoms with Gasteiger partial charge in [0, 0.05) is 18.8 Å². The summed E-state index contributed by atoms with van der Waals surface area (Å²) >= 11 is 0. The summed E-state index contributed by atoms with van der Waals surface area (Å²) in [5.74, 6) is -1.13. The molecule has 1 saturated carbocycles. The Labute approximate surface area is 180 Å². The van der Waals surface area contributed by atoms with Gasteiger partial charge >= 0.3 is 0 Å². The third-order valence-electron chi connectivity index (χ3n) is 5.45. The van der Waals surface area contributed by atoms with Crippen LogP contribution in [-0.2, 0) is 10.0 Å². The molecule has 11 heteroatoms. The third kappa shape index (κ3) is 5.28. The molecule has 0 unspecified atom stereocenters.